The molecule has 1 unspecified atom stereocenters. The van der Waals surface area contributed by atoms with Gasteiger partial charge < -0.3 is 19.3 Å². The van der Waals surface area contributed by atoms with Gasteiger partial charge in [-0.1, -0.05) is 0 Å². The van der Waals surface area contributed by atoms with E-state index >= 15 is 0 Å². The summed E-state index contributed by atoms with van der Waals surface area (Å²) < 4.78 is 35.9. The van der Waals surface area contributed by atoms with E-state index in [1.807, 2.05) is 0 Å². The van der Waals surface area contributed by atoms with Crippen molar-refractivity contribution in [3.05, 3.63) is 0 Å². The second-order valence-corrected chi connectivity index (χ2v) is 4.21. The van der Waals surface area contributed by atoms with Gasteiger partial charge in [-0.05, 0) is 0 Å². The van der Waals surface area contributed by atoms with E-state index in [1.165, 1.54) is 0 Å². The fourth-order valence-electron chi connectivity index (χ4n) is 1.06. The molecule has 1 aliphatic heterocycles. The first-order chi connectivity index (χ1) is 6.43. The summed E-state index contributed by atoms with van der Waals surface area (Å²) in [5.41, 5.74) is -2.50. The molecular formula is C6H10NNaO6S. The molecule has 0 aliphatic carbocycles. The van der Waals surface area contributed by atoms with Gasteiger partial charge in [0.2, 0.25) is 5.44 Å². The Kier molecular flexibility index (Phi) is 6.26. The van der Waals surface area contributed by atoms with Crippen LogP contribution in [-0.4, -0.2) is 60.6 Å². The van der Waals surface area contributed by atoms with Crippen LogP contribution in [0, 0.1) is 0 Å². The minimum absolute atomic E-state index is 0. The molecule has 1 rings (SSSR count). The maximum absolute atomic E-state index is 11.2. The van der Waals surface area contributed by atoms with Gasteiger partial charge in [-0.15, -0.1) is 0 Å². The van der Waals surface area contributed by atoms with Crippen LogP contribution in [-0.2, 0) is 19.6 Å². The number of morpholine rings is 1. The summed E-state index contributed by atoms with van der Waals surface area (Å²) in [6.45, 7) is 0.922. The summed E-state index contributed by atoms with van der Waals surface area (Å²) >= 11 is 0. The molecule has 1 amide bonds. The number of amides is 1. The van der Waals surface area contributed by atoms with Crippen molar-refractivity contribution in [1.29, 1.82) is 0 Å². The van der Waals surface area contributed by atoms with Crippen molar-refractivity contribution < 1.29 is 57.2 Å². The molecule has 1 atom stereocenters. The zero-order chi connectivity index (χ0) is 10.8. The van der Waals surface area contributed by atoms with Crippen LogP contribution in [0.2, 0.25) is 0 Å². The molecule has 0 aromatic carbocycles. The largest absolute Gasteiger partial charge is 1.00 e. The van der Waals surface area contributed by atoms with E-state index in [9.17, 15) is 17.8 Å². The third-order valence-corrected chi connectivity index (χ3v) is 2.56. The number of nitrogens with zero attached hydrogens (tertiary/aromatic N) is 1. The van der Waals surface area contributed by atoms with E-state index in [0.29, 0.717) is 0 Å². The van der Waals surface area contributed by atoms with Gasteiger partial charge in [-0.3, -0.25) is 4.79 Å². The van der Waals surface area contributed by atoms with E-state index < -0.39 is 21.5 Å². The molecule has 82 valence electrons. The molecule has 1 N–H and O–H groups in total. The number of carbonyl (C=O) groups is 1. The monoisotopic (exact) mass is 247 g/mol. The first kappa shape index (κ1) is 15.3. The van der Waals surface area contributed by atoms with Crippen LogP contribution in [0.3, 0.4) is 0 Å². The van der Waals surface area contributed by atoms with Crippen LogP contribution < -0.4 is 29.6 Å². The van der Waals surface area contributed by atoms with E-state index in [4.69, 9.17) is 9.84 Å². The quantitative estimate of drug-likeness (QED) is 0.386. The Morgan fingerprint density at radius 3 is 2.27 bits per heavy atom. The van der Waals surface area contributed by atoms with Crippen molar-refractivity contribution in [1.82, 2.24) is 4.90 Å². The van der Waals surface area contributed by atoms with Crippen LogP contribution in [0.5, 0.6) is 0 Å². The Balaban J connectivity index is 0.00000196. The van der Waals surface area contributed by atoms with Gasteiger partial charge in [0.15, 0.2) is 0 Å². The van der Waals surface area contributed by atoms with Crippen LogP contribution in [0.4, 0.5) is 0 Å². The van der Waals surface area contributed by atoms with Crippen LogP contribution in [0.25, 0.3) is 0 Å². The number of aliphatic hydroxyl groups excluding tert-OH is 1. The first-order valence-corrected chi connectivity index (χ1v) is 5.39. The minimum atomic E-state index is -4.98. The molecule has 15 heavy (non-hydrogen) atoms. The summed E-state index contributed by atoms with van der Waals surface area (Å²) in [7, 11) is -4.98. The van der Waals surface area contributed by atoms with Crippen LogP contribution in [0.1, 0.15) is 0 Å². The fraction of sp³-hybridized carbons (Fsp3) is 0.833. The summed E-state index contributed by atoms with van der Waals surface area (Å²) in [5, 5.41) is 8.87. The average molecular weight is 247 g/mol. The third kappa shape index (κ3) is 4.35. The van der Waals surface area contributed by atoms with Gasteiger partial charge in [-0.2, -0.15) is 0 Å². The van der Waals surface area contributed by atoms with Crippen molar-refractivity contribution in [2.45, 2.75) is 5.44 Å². The van der Waals surface area contributed by atoms with Crippen LogP contribution >= 0.6 is 0 Å². The fourth-order valence-corrected chi connectivity index (χ4v) is 1.46. The zero-order valence-electron chi connectivity index (χ0n) is 8.25. The summed E-state index contributed by atoms with van der Waals surface area (Å²) in [5.74, 6) is -1.08. The van der Waals surface area contributed by atoms with Crippen molar-refractivity contribution in [2.24, 2.45) is 0 Å². The number of carbonyl (C=O) groups excluding carboxylic acids is 1. The predicted octanol–water partition coefficient (Wildman–Crippen LogP) is -5.29. The van der Waals surface area contributed by atoms with E-state index in [0.717, 1.165) is 4.90 Å². The maximum Gasteiger partial charge on any atom is 1.00 e. The number of aliphatic hydroxyl groups is 1. The molecule has 0 aromatic rings. The number of hydrogen-bond acceptors (Lipinski definition) is 6. The first-order valence-electron chi connectivity index (χ1n) is 3.92. The molecule has 0 bridgehead atoms. The number of rotatable bonds is 2. The predicted molar refractivity (Wildman–Crippen MR) is 43.1 cm³/mol. The number of hydrogen-bond donors (Lipinski definition) is 1. The second kappa shape index (κ2) is 6.14. The molecule has 0 saturated carbocycles. The van der Waals surface area contributed by atoms with E-state index in [-0.39, 0.29) is 55.9 Å². The van der Waals surface area contributed by atoms with E-state index in [2.05, 4.69) is 0 Å². The zero-order valence-corrected chi connectivity index (χ0v) is 11.1. The SMILES string of the molecule is O=C(C(O)S(=O)(=O)[O-])N1CCOCC1.[Na+]. The smallest absolute Gasteiger partial charge is 0.746 e. The molecule has 0 aromatic heterocycles. The molecule has 9 heteroatoms. The van der Waals surface area contributed by atoms with Crippen molar-refractivity contribution >= 4 is 16.0 Å². The van der Waals surface area contributed by atoms with Crippen molar-refractivity contribution in [3.8, 4) is 0 Å². The van der Waals surface area contributed by atoms with Gasteiger partial charge in [0, 0.05) is 13.1 Å². The van der Waals surface area contributed by atoms with Crippen molar-refractivity contribution in [3.63, 3.8) is 0 Å². The minimum Gasteiger partial charge on any atom is -0.746 e. The summed E-state index contributed by atoms with van der Waals surface area (Å²) in [4.78, 5) is 12.3. The van der Waals surface area contributed by atoms with Gasteiger partial charge in [-0.25, -0.2) is 8.42 Å². The second-order valence-electron chi connectivity index (χ2n) is 2.78. The van der Waals surface area contributed by atoms with Crippen LogP contribution in [0.15, 0.2) is 0 Å². The Labute approximate surface area is 109 Å². The molecule has 1 aliphatic rings. The molecule has 1 saturated heterocycles. The molecule has 1 fully saturated rings. The molecule has 1 heterocycles. The Morgan fingerprint density at radius 1 is 1.40 bits per heavy atom. The number of ether oxygens (including phenoxy) is 1. The summed E-state index contributed by atoms with van der Waals surface area (Å²) in [6.07, 6.45) is 0. The molecule has 7 nitrogen and oxygen atoms in total. The topological polar surface area (TPSA) is 107 Å². The molecular weight excluding hydrogens is 237 g/mol. The van der Waals surface area contributed by atoms with Gasteiger partial charge in [0.1, 0.15) is 10.1 Å². The van der Waals surface area contributed by atoms with Crippen molar-refractivity contribution in [2.75, 3.05) is 26.3 Å². The van der Waals surface area contributed by atoms with Gasteiger partial charge in [0.05, 0.1) is 13.2 Å². The standard InChI is InChI=1S/C6H11NO6S.Na/c8-5(6(9)14(10,11)12)7-1-3-13-4-2-7;/h6,9H,1-4H2,(H,10,11,12);/q;+1/p-1. The molecule has 0 spiro atoms. The maximum atomic E-state index is 11.2. The Hall–Kier alpha value is 0.300. The normalized spacial score (nSPS) is 19.2. The van der Waals surface area contributed by atoms with Gasteiger partial charge in [0.25, 0.3) is 5.91 Å². The van der Waals surface area contributed by atoms with E-state index in [1.54, 1.807) is 0 Å². The Morgan fingerprint density at radius 2 is 1.87 bits per heavy atom. The Bertz CT molecular complexity index is 312. The average Bonchev–Trinajstić information content (AvgIpc) is 2.15. The molecule has 0 radical (unpaired) electrons. The third-order valence-electron chi connectivity index (χ3n) is 1.81. The summed E-state index contributed by atoms with van der Waals surface area (Å²) in [6, 6.07) is 0. The van der Waals surface area contributed by atoms with Gasteiger partial charge >= 0.3 is 29.6 Å².